The Hall–Kier alpha value is -1.84. The minimum Gasteiger partial charge on any atom is -0.414 e. The molecular weight excluding hydrogens is 414 g/mol. The van der Waals surface area contributed by atoms with E-state index in [9.17, 15) is 26.3 Å². The monoisotopic (exact) mass is 430 g/mol. The van der Waals surface area contributed by atoms with E-state index in [1.807, 2.05) is 24.3 Å². The van der Waals surface area contributed by atoms with Gasteiger partial charge in [0.2, 0.25) is 5.89 Å². The van der Waals surface area contributed by atoms with Gasteiger partial charge in [0, 0.05) is 23.7 Å². The molecule has 7 rings (SSSR count). The second-order valence-corrected chi connectivity index (χ2v) is 9.60. The second kappa shape index (κ2) is 4.81. The Morgan fingerprint density at radius 3 is 1.70 bits per heavy atom. The molecule has 2 aliphatic heterocycles. The predicted octanol–water partition coefficient (Wildman–Crippen LogP) is 4.51. The molecule has 6 aliphatic rings. The van der Waals surface area contributed by atoms with Crippen LogP contribution in [0.15, 0.2) is 28.7 Å². The highest BCUT2D eigenvalue weighted by atomic mass is 19.4. The Morgan fingerprint density at radius 1 is 0.767 bits per heavy atom. The normalized spacial score (nSPS) is 51.9. The molecule has 1 aromatic heterocycles. The summed E-state index contributed by atoms with van der Waals surface area (Å²) in [4.78, 5) is 0. The van der Waals surface area contributed by atoms with Crippen LogP contribution in [-0.2, 0) is 16.5 Å². The van der Waals surface area contributed by atoms with Gasteiger partial charge in [0.15, 0.2) is 11.2 Å². The molecular formula is C20H16F6N2O2. The third-order valence-electron chi connectivity index (χ3n) is 8.68. The fraction of sp³-hybridized carbons (Fsp3) is 0.700. The summed E-state index contributed by atoms with van der Waals surface area (Å²) < 4.78 is 95.2. The highest BCUT2D eigenvalue weighted by Gasteiger charge is 2.90. The number of nitrogens with zero attached hydrogens (tertiary/aromatic N) is 2. The first kappa shape index (κ1) is 17.8. The zero-order valence-corrected chi connectivity index (χ0v) is 15.3. The van der Waals surface area contributed by atoms with Crippen molar-refractivity contribution in [1.29, 1.82) is 0 Å². The Labute approximate surface area is 166 Å². The number of hydrogen-bond acceptors (Lipinski definition) is 4. The van der Waals surface area contributed by atoms with Crippen LogP contribution in [0, 0.1) is 47.3 Å². The topological polar surface area (TPSA) is 48.2 Å². The summed E-state index contributed by atoms with van der Waals surface area (Å²) >= 11 is 0. The van der Waals surface area contributed by atoms with Gasteiger partial charge in [-0.1, -0.05) is 24.3 Å². The maximum Gasteiger partial charge on any atom is 0.470 e. The summed E-state index contributed by atoms with van der Waals surface area (Å²) in [6, 6.07) is 0. The fourth-order valence-electron chi connectivity index (χ4n) is 8.24. The molecule has 1 aromatic rings. The minimum absolute atomic E-state index is 0.200. The van der Waals surface area contributed by atoms with Crippen LogP contribution in [0.1, 0.15) is 24.6 Å². The number of allylic oxidation sites excluding steroid dienone is 4. The zero-order chi connectivity index (χ0) is 20.8. The third-order valence-corrected chi connectivity index (χ3v) is 8.68. The van der Waals surface area contributed by atoms with Gasteiger partial charge in [-0.25, -0.2) is 0 Å². The number of rotatable bonds is 1. The summed E-state index contributed by atoms with van der Waals surface area (Å²) in [6.07, 6.45) is -0.986. The molecule has 160 valence electrons. The maximum atomic E-state index is 14.8. The lowest BCUT2D eigenvalue weighted by Gasteiger charge is -2.48. The summed E-state index contributed by atoms with van der Waals surface area (Å²) in [5.41, 5.74) is -4.04. The third kappa shape index (κ3) is 1.65. The van der Waals surface area contributed by atoms with Gasteiger partial charge in [-0.05, 0) is 36.5 Å². The average molecular weight is 430 g/mol. The number of ether oxygens (including phenoxy) is 1. The smallest absolute Gasteiger partial charge is 0.414 e. The molecule has 2 saturated heterocycles. The Bertz CT molecular complexity index is 970. The van der Waals surface area contributed by atoms with Gasteiger partial charge in [0.1, 0.15) is 0 Å². The van der Waals surface area contributed by atoms with Crippen LogP contribution in [0.25, 0.3) is 0 Å². The molecule has 30 heavy (non-hydrogen) atoms. The van der Waals surface area contributed by atoms with Crippen LogP contribution in [-0.4, -0.2) is 22.0 Å². The minimum atomic E-state index is -4.87. The van der Waals surface area contributed by atoms with Crippen LogP contribution in [0.3, 0.4) is 0 Å². The van der Waals surface area contributed by atoms with Crippen molar-refractivity contribution in [2.24, 2.45) is 47.3 Å². The van der Waals surface area contributed by atoms with E-state index in [2.05, 4.69) is 10.2 Å². The van der Waals surface area contributed by atoms with Gasteiger partial charge in [0.25, 0.3) is 0 Å². The number of aromatic nitrogens is 2. The molecule has 0 radical (unpaired) electrons. The Kier molecular flexibility index (Phi) is 2.85. The molecule has 2 saturated carbocycles. The lowest BCUT2D eigenvalue weighted by molar-refractivity contribution is -0.295. The standard InChI is InChI=1S/C20H16F6N2O2/c21-19(22,23)16-28-27-15(29-16)17-11-7-1-3-9(5-7)13(11)18(30-17,20(24,25)26)14-10-4-2-8(6-10)12(14)17/h1-4,7-14H,5-6H2/t7-,8+,9+,10-,11+,12-,13-,14+,17?,18?. The largest absolute Gasteiger partial charge is 0.470 e. The van der Waals surface area contributed by atoms with E-state index in [0.717, 1.165) is 0 Å². The van der Waals surface area contributed by atoms with Gasteiger partial charge in [-0.2, -0.15) is 26.3 Å². The van der Waals surface area contributed by atoms with Crippen molar-refractivity contribution in [3.63, 3.8) is 0 Å². The van der Waals surface area contributed by atoms with Crippen LogP contribution in [0.2, 0.25) is 0 Å². The quantitative estimate of drug-likeness (QED) is 0.486. The highest BCUT2D eigenvalue weighted by molar-refractivity contribution is 5.39. The first-order valence-electron chi connectivity index (χ1n) is 10.1. The highest BCUT2D eigenvalue weighted by Crippen LogP contribution is 2.82. The Balaban J connectivity index is 1.50. The number of alkyl halides is 6. The first-order valence-corrected chi connectivity index (χ1v) is 10.1. The van der Waals surface area contributed by atoms with Crippen molar-refractivity contribution in [2.75, 3.05) is 0 Å². The van der Waals surface area contributed by atoms with Crippen molar-refractivity contribution < 1.29 is 35.5 Å². The molecule has 6 bridgehead atoms. The SMILES string of the molecule is FC(F)(F)c1nnc(C23OC(C(F)(F)F)([C@@H]4[C@H]2[C@H]2C=C[C@@H]4C2)[C@H]2[C@@H]3[C@@H]3C=C[C@H]2C3)o1. The molecule has 0 N–H and O–H groups in total. The van der Waals surface area contributed by atoms with E-state index >= 15 is 0 Å². The van der Waals surface area contributed by atoms with Crippen molar-refractivity contribution in [3.05, 3.63) is 36.1 Å². The van der Waals surface area contributed by atoms with Gasteiger partial charge in [-0.15, -0.1) is 10.2 Å². The fourth-order valence-corrected chi connectivity index (χ4v) is 8.24. The van der Waals surface area contributed by atoms with Crippen LogP contribution in [0.4, 0.5) is 26.3 Å². The van der Waals surface area contributed by atoms with E-state index in [4.69, 9.17) is 9.15 Å². The zero-order valence-electron chi connectivity index (χ0n) is 15.3. The van der Waals surface area contributed by atoms with Crippen molar-refractivity contribution in [1.82, 2.24) is 10.2 Å². The van der Waals surface area contributed by atoms with Crippen LogP contribution >= 0.6 is 0 Å². The van der Waals surface area contributed by atoms with E-state index in [-0.39, 0.29) is 23.7 Å². The molecule has 0 aromatic carbocycles. The van der Waals surface area contributed by atoms with E-state index in [1.54, 1.807) is 0 Å². The van der Waals surface area contributed by atoms with Gasteiger partial charge < -0.3 is 9.15 Å². The second-order valence-electron chi connectivity index (χ2n) is 9.60. The lowest BCUT2D eigenvalue weighted by Crippen LogP contribution is -2.60. The number of fused-ring (bicyclic) bond motifs is 16. The molecule has 0 amide bonds. The molecule has 2 unspecified atom stereocenters. The summed E-state index contributed by atoms with van der Waals surface area (Å²) in [5, 5.41) is 6.80. The van der Waals surface area contributed by atoms with Crippen LogP contribution < -0.4 is 0 Å². The van der Waals surface area contributed by atoms with Crippen molar-refractivity contribution >= 4 is 0 Å². The van der Waals surface area contributed by atoms with E-state index in [0.29, 0.717) is 12.8 Å². The first-order chi connectivity index (χ1) is 14.1. The lowest BCUT2D eigenvalue weighted by atomic mass is 9.52. The predicted molar refractivity (Wildman–Crippen MR) is 86.3 cm³/mol. The number of halogens is 6. The summed E-state index contributed by atoms with van der Waals surface area (Å²) in [7, 11) is 0. The van der Waals surface area contributed by atoms with Gasteiger partial charge >= 0.3 is 18.2 Å². The van der Waals surface area contributed by atoms with Crippen LogP contribution in [0.5, 0.6) is 0 Å². The molecule has 4 nitrogen and oxygen atoms in total. The van der Waals surface area contributed by atoms with Crippen molar-refractivity contribution in [2.45, 2.75) is 36.4 Å². The molecule has 4 aliphatic carbocycles. The molecule has 4 fully saturated rings. The van der Waals surface area contributed by atoms with E-state index < -0.39 is 59.0 Å². The summed E-state index contributed by atoms with van der Waals surface area (Å²) in [6.45, 7) is 0. The van der Waals surface area contributed by atoms with E-state index in [1.165, 1.54) is 0 Å². The maximum absolute atomic E-state index is 14.8. The molecule has 10 heteroatoms. The molecule has 10 atom stereocenters. The van der Waals surface area contributed by atoms with Gasteiger partial charge in [-0.3, -0.25) is 0 Å². The summed E-state index contributed by atoms with van der Waals surface area (Å²) in [5.74, 6) is -5.93. The average Bonchev–Trinajstić information content (AvgIpc) is 3.51. The van der Waals surface area contributed by atoms with Crippen molar-refractivity contribution in [3.8, 4) is 0 Å². The molecule has 0 spiro atoms. The number of hydrogen-bond donors (Lipinski definition) is 0. The Morgan fingerprint density at radius 2 is 1.27 bits per heavy atom. The van der Waals surface area contributed by atoms with Gasteiger partial charge in [0.05, 0.1) is 0 Å². The molecule has 3 heterocycles.